The van der Waals surface area contributed by atoms with Gasteiger partial charge in [-0.05, 0) is 19.4 Å². The van der Waals surface area contributed by atoms with Gasteiger partial charge in [0.25, 0.3) is 0 Å². The Morgan fingerprint density at radius 2 is 2.39 bits per heavy atom. The van der Waals surface area contributed by atoms with E-state index in [9.17, 15) is 4.79 Å². The number of hydrogen-bond acceptors (Lipinski definition) is 6. The number of aryl methyl sites for hydroxylation is 1. The number of rotatable bonds is 4. The fourth-order valence-corrected chi connectivity index (χ4v) is 3.52. The van der Waals surface area contributed by atoms with Gasteiger partial charge in [0.1, 0.15) is 6.61 Å². The number of anilines is 1. The van der Waals surface area contributed by atoms with Crippen molar-refractivity contribution in [3.05, 3.63) is 34.3 Å². The average molecular weight is 333 g/mol. The number of fused-ring (bicyclic) bond motifs is 1. The Hall–Kier alpha value is -2.28. The molecule has 0 unspecified atom stereocenters. The lowest BCUT2D eigenvalue weighted by Crippen LogP contribution is -2.43. The first-order valence-electron chi connectivity index (χ1n) is 7.36. The van der Waals surface area contributed by atoms with E-state index in [1.54, 1.807) is 7.11 Å². The molecule has 0 radical (unpaired) electrons. The maximum Gasteiger partial charge on any atom is 0.225 e. The van der Waals surface area contributed by atoms with Crippen molar-refractivity contribution in [2.24, 2.45) is 0 Å². The van der Waals surface area contributed by atoms with E-state index in [4.69, 9.17) is 15.2 Å². The molecule has 0 saturated heterocycles. The van der Waals surface area contributed by atoms with Gasteiger partial charge in [-0.3, -0.25) is 4.79 Å². The van der Waals surface area contributed by atoms with Crippen LogP contribution in [0.4, 0.5) is 5.13 Å². The molecule has 2 aromatic rings. The summed E-state index contributed by atoms with van der Waals surface area (Å²) >= 11 is 1.36. The highest BCUT2D eigenvalue weighted by atomic mass is 32.1. The fourth-order valence-electron chi connectivity index (χ4n) is 2.69. The van der Waals surface area contributed by atoms with E-state index in [-0.39, 0.29) is 11.9 Å². The molecule has 0 bridgehead atoms. The van der Waals surface area contributed by atoms with Crippen molar-refractivity contribution in [1.29, 1.82) is 0 Å². The number of ether oxygens (including phenoxy) is 2. The van der Waals surface area contributed by atoms with Crippen molar-refractivity contribution in [2.75, 3.05) is 19.5 Å². The van der Waals surface area contributed by atoms with Gasteiger partial charge in [0.2, 0.25) is 5.91 Å². The quantitative estimate of drug-likeness (QED) is 0.889. The second-order valence-electron chi connectivity index (χ2n) is 5.47. The number of nitrogens with one attached hydrogen (secondary N) is 1. The summed E-state index contributed by atoms with van der Waals surface area (Å²) < 4.78 is 11.1. The van der Waals surface area contributed by atoms with Crippen molar-refractivity contribution in [3.63, 3.8) is 0 Å². The van der Waals surface area contributed by atoms with E-state index < -0.39 is 0 Å². The summed E-state index contributed by atoms with van der Waals surface area (Å²) in [6.45, 7) is 2.30. The van der Waals surface area contributed by atoms with E-state index in [0.717, 1.165) is 34.1 Å². The van der Waals surface area contributed by atoms with Crippen LogP contribution in [0.15, 0.2) is 18.2 Å². The molecule has 1 aliphatic heterocycles. The van der Waals surface area contributed by atoms with Crippen LogP contribution in [0.5, 0.6) is 11.5 Å². The van der Waals surface area contributed by atoms with E-state index in [1.165, 1.54) is 11.3 Å². The standard InChI is InChI=1S/C16H19N3O3S/c1-9-13(23-16(17)18-9)7-14(20)19-11-6-10-4-3-5-12(21-2)15(10)22-8-11/h3-5,11H,6-8H2,1-2H3,(H2,17,18)(H,19,20)/t11-/m0/s1. The monoisotopic (exact) mass is 333 g/mol. The molecule has 3 N–H and O–H groups in total. The molecule has 7 heteroatoms. The van der Waals surface area contributed by atoms with Crippen molar-refractivity contribution in [2.45, 2.75) is 25.8 Å². The molecule has 0 spiro atoms. The van der Waals surface area contributed by atoms with E-state index in [2.05, 4.69) is 10.3 Å². The summed E-state index contributed by atoms with van der Waals surface area (Å²) in [7, 11) is 1.62. The predicted octanol–water partition coefficient (Wildman–Crippen LogP) is 1.70. The molecule has 2 heterocycles. The summed E-state index contributed by atoms with van der Waals surface area (Å²) in [5, 5.41) is 3.51. The molecule has 23 heavy (non-hydrogen) atoms. The zero-order chi connectivity index (χ0) is 16.4. The summed E-state index contributed by atoms with van der Waals surface area (Å²) in [6, 6.07) is 5.74. The van der Waals surface area contributed by atoms with Crippen LogP contribution in [0, 0.1) is 6.92 Å². The molecule has 0 fully saturated rings. The first kappa shape index (κ1) is 15.6. The molecule has 3 rings (SSSR count). The first-order chi connectivity index (χ1) is 11.1. The SMILES string of the molecule is COc1cccc2c1OC[C@@H](NC(=O)Cc1sc(N)nc1C)C2. The Labute approximate surface area is 138 Å². The smallest absolute Gasteiger partial charge is 0.225 e. The third kappa shape index (κ3) is 3.39. The van der Waals surface area contributed by atoms with Crippen LogP contribution in [0.3, 0.4) is 0 Å². The molecular formula is C16H19N3O3S. The van der Waals surface area contributed by atoms with Gasteiger partial charge in [0, 0.05) is 10.4 Å². The minimum Gasteiger partial charge on any atom is -0.493 e. The minimum atomic E-state index is -0.0484. The minimum absolute atomic E-state index is 0.0447. The Morgan fingerprint density at radius 1 is 1.57 bits per heavy atom. The Morgan fingerprint density at radius 3 is 3.09 bits per heavy atom. The van der Waals surface area contributed by atoms with Crippen LogP contribution in [0.2, 0.25) is 0 Å². The van der Waals surface area contributed by atoms with E-state index in [1.807, 2.05) is 25.1 Å². The highest BCUT2D eigenvalue weighted by Crippen LogP contribution is 2.34. The lowest BCUT2D eigenvalue weighted by atomic mass is 10.0. The van der Waals surface area contributed by atoms with Crippen molar-refractivity contribution < 1.29 is 14.3 Å². The van der Waals surface area contributed by atoms with Crippen molar-refractivity contribution >= 4 is 22.4 Å². The molecule has 122 valence electrons. The van der Waals surface area contributed by atoms with Gasteiger partial charge < -0.3 is 20.5 Å². The van der Waals surface area contributed by atoms with Crippen LogP contribution >= 0.6 is 11.3 Å². The number of para-hydroxylation sites is 1. The Bertz CT molecular complexity index is 729. The van der Waals surface area contributed by atoms with Gasteiger partial charge in [-0.25, -0.2) is 4.98 Å². The van der Waals surface area contributed by atoms with Crippen molar-refractivity contribution in [3.8, 4) is 11.5 Å². The number of carbonyl (C=O) groups is 1. The molecule has 0 saturated carbocycles. The van der Waals surface area contributed by atoms with Crippen LogP contribution < -0.4 is 20.5 Å². The Kier molecular flexibility index (Phi) is 4.38. The number of nitrogens with zero attached hydrogens (tertiary/aromatic N) is 1. The molecule has 1 amide bonds. The fraction of sp³-hybridized carbons (Fsp3) is 0.375. The zero-order valence-corrected chi connectivity index (χ0v) is 13.9. The topological polar surface area (TPSA) is 86.5 Å². The number of hydrogen-bond donors (Lipinski definition) is 2. The summed E-state index contributed by atoms with van der Waals surface area (Å²) in [5.74, 6) is 1.45. The van der Waals surface area contributed by atoms with Crippen LogP contribution in [0.1, 0.15) is 16.1 Å². The third-order valence-electron chi connectivity index (χ3n) is 3.77. The van der Waals surface area contributed by atoms with E-state index >= 15 is 0 Å². The number of nitrogens with two attached hydrogens (primary N) is 1. The van der Waals surface area contributed by atoms with Crippen LogP contribution in [-0.2, 0) is 17.6 Å². The molecule has 1 aromatic carbocycles. The summed E-state index contributed by atoms with van der Waals surface area (Å²) in [6.07, 6.45) is 1.02. The number of thiazole rings is 1. The number of carbonyl (C=O) groups excluding carboxylic acids is 1. The largest absolute Gasteiger partial charge is 0.493 e. The molecule has 0 aliphatic carbocycles. The predicted molar refractivity (Wildman–Crippen MR) is 89.1 cm³/mol. The molecular weight excluding hydrogens is 314 g/mol. The highest BCUT2D eigenvalue weighted by Gasteiger charge is 2.24. The molecule has 1 aromatic heterocycles. The first-order valence-corrected chi connectivity index (χ1v) is 8.18. The van der Waals surface area contributed by atoms with Gasteiger partial charge >= 0.3 is 0 Å². The second kappa shape index (κ2) is 6.45. The number of methoxy groups -OCH3 is 1. The molecule has 1 atom stereocenters. The van der Waals surface area contributed by atoms with Gasteiger partial charge in [-0.1, -0.05) is 12.1 Å². The molecule has 6 nitrogen and oxygen atoms in total. The number of benzene rings is 1. The van der Waals surface area contributed by atoms with Gasteiger partial charge in [-0.2, -0.15) is 0 Å². The normalized spacial score (nSPS) is 16.3. The van der Waals surface area contributed by atoms with Gasteiger partial charge in [-0.15, -0.1) is 11.3 Å². The number of amides is 1. The highest BCUT2D eigenvalue weighted by molar-refractivity contribution is 7.15. The number of aromatic nitrogens is 1. The van der Waals surface area contributed by atoms with Crippen molar-refractivity contribution in [1.82, 2.24) is 10.3 Å². The van der Waals surface area contributed by atoms with Gasteiger partial charge in [0.15, 0.2) is 16.6 Å². The third-order valence-corrected chi connectivity index (χ3v) is 4.76. The summed E-state index contributed by atoms with van der Waals surface area (Å²) in [4.78, 5) is 17.3. The average Bonchev–Trinajstić information content (AvgIpc) is 2.83. The zero-order valence-electron chi connectivity index (χ0n) is 13.1. The maximum atomic E-state index is 12.2. The van der Waals surface area contributed by atoms with Gasteiger partial charge in [0.05, 0.1) is 25.3 Å². The summed E-state index contributed by atoms with van der Waals surface area (Å²) in [5.41, 5.74) is 7.52. The maximum absolute atomic E-state index is 12.2. The lowest BCUT2D eigenvalue weighted by molar-refractivity contribution is -0.121. The molecule has 1 aliphatic rings. The van der Waals surface area contributed by atoms with Crippen LogP contribution in [-0.4, -0.2) is 30.6 Å². The lowest BCUT2D eigenvalue weighted by Gasteiger charge is -2.27. The van der Waals surface area contributed by atoms with E-state index in [0.29, 0.717) is 18.2 Å². The Balaban J connectivity index is 1.63. The second-order valence-corrected chi connectivity index (χ2v) is 6.58. The van der Waals surface area contributed by atoms with Crippen LogP contribution in [0.25, 0.3) is 0 Å². The number of nitrogen functional groups attached to an aromatic ring is 1.